The van der Waals surface area contributed by atoms with Gasteiger partial charge in [-0.05, 0) is 55.5 Å². The number of carbonyl (C=O) groups is 2. The van der Waals surface area contributed by atoms with Crippen LogP contribution in [0, 0.1) is 6.07 Å². The van der Waals surface area contributed by atoms with Crippen molar-refractivity contribution in [3.63, 3.8) is 0 Å². The van der Waals surface area contributed by atoms with Gasteiger partial charge in [0.15, 0.2) is 5.13 Å². The van der Waals surface area contributed by atoms with E-state index >= 15 is 0 Å². The van der Waals surface area contributed by atoms with Gasteiger partial charge in [-0.3, -0.25) is 14.5 Å². The number of benzene rings is 2. The molecule has 2 aromatic carbocycles. The number of halogens is 3. The van der Waals surface area contributed by atoms with Crippen LogP contribution in [0.5, 0.6) is 0 Å². The van der Waals surface area contributed by atoms with Gasteiger partial charge in [-0.1, -0.05) is 23.5 Å². The summed E-state index contributed by atoms with van der Waals surface area (Å²) in [4.78, 5) is 31.9. The molecule has 0 spiro atoms. The number of anilines is 2. The van der Waals surface area contributed by atoms with Gasteiger partial charge in [0, 0.05) is 31.3 Å². The molecule has 1 aliphatic heterocycles. The van der Waals surface area contributed by atoms with Gasteiger partial charge >= 0.3 is 6.18 Å². The molecule has 2 heterocycles. The maximum Gasteiger partial charge on any atom is 0.416 e. The largest absolute Gasteiger partial charge is 0.416 e. The van der Waals surface area contributed by atoms with E-state index in [0.717, 1.165) is 43.3 Å². The summed E-state index contributed by atoms with van der Waals surface area (Å²) in [5.41, 5.74) is 0.655. The molecule has 2 aliphatic rings. The summed E-state index contributed by atoms with van der Waals surface area (Å²) in [7, 11) is 0. The molecule has 2 fully saturated rings. The summed E-state index contributed by atoms with van der Waals surface area (Å²) in [5.74, 6) is -0.706. The van der Waals surface area contributed by atoms with Crippen LogP contribution < -0.4 is 10.6 Å². The third-order valence-electron chi connectivity index (χ3n) is 6.20. The fourth-order valence-electron chi connectivity index (χ4n) is 4.50. The van der Waals surface area contributed by atoms with Gasteiger partial charge in [0.1, 0.15) is 0 Å². The van der Waals surface area contributed by atoms with Crippen LogP contribution in [0.1, 0.15) is 53.6 Å². The lowest BCUT2D eigenvalue weighted by Crippen LogP contribution is -2.23. The Balaban J connectivity index is 1.53. The minimum atomic E-state index is -4.53. The number of amides is 2. The smallest absolute Gasteiger partial charge is 0.321 e. The Hall–Kier alpha value is -2.98. The van der Waals surface area contributed by atoms with E-state index in [1.807, 2.05) is 12.1 Å². The van der Waals surface area contributed by atoms with Crippen molar-refractivity contribution < 1.29 is 22.8 Å². The first-order valence-corrected chi connectivity index (χ1v) is 11.9. The lowest BCUT2D eigenvalue weighted by molar-refractivity contribution is -0.137. The van der Waals surface area contributed by atoms with Crippen LogP contribution >= 0.6 is 11.3 Å². The SMILES string of the molecule is CC(=O)Nc1nc2c(C(=O)Nc3[c]ccc(C(F)(F)F)c3)c(C3CCN(C4CC4)C3)ccc2s1. The highest BCUT2D eigenvalue weighted by Crippen LogP contribution is 2.40. The van der Waals surface area contributed by atoms with Crippen molar-refractivity contribution in [3.05, 3.63) is 53.1 Å². The second kappa shape index (κ2) is 8.66. The van der Waals surface area contributed by atoms with E-state index in [-0.39, 0.29) is 17.5 Å². The minimum absolute atomic E-state index is 0.0638. The fraction of sp³-hybridized carbons (Fsp3) is 0.375. The molecule has 5 rings (SSSR count). The number of fused-ring (bicyclic) bond motifs is 1. The monoisotopic (exact) mass is 487 g/mol. The molecule has 1 unspecified atom stereocenters. The molecule has 1 atom stereocenters. The first kappa shape index (κ1) is 22.8. The molecule has 1 aromatic heterocycles. The summed E-state index contributed by atoms with van der Waals surface area (Å²) in [5, 5.41) is 5.61. The summed E-state index contributed by atoms with van der Waals surface area (Å²) in [6.07, 6.45) is -1.26. The Morgan fingerprint density at radius 2 is 1.97 bits per heavy atom. The van der Waals surface area contributed by atoms with E-state index in [1.54, 1.807) is 0 Å². The van der Waals surface area contributed by atoms with Crippen molar-refractivity contribution in [3.8, 4) is 0 Å². The van der Waals surface area contributed by atoms with Crippen LogP contribution in [0.15, 0.2) is 30.3 Å². The second-order valence-electron chi connectivity index (χ2n) is 8.73. The van der Waals surface area contributed by atoms with Crippen LogP contribution in [-0.2, 0) is 11.0 Å². The number of rotatable bonds is 5. The highest BCUT2D eigenvalue weighted by molar-refractivity contribution is 7.22. The summed E-state index contributed by atoms with van der Waals surface area (Å²) in [6.45, 7) is 3.15. The number of hydrogen-bond donors (Lipinski definition) is 2. The summed E-state index contributed by atoms with van der Waals surface area (Å²) >= 11 is 1.25. The van der Waals surface area contributed by atoms with Crippen LogP contribution in [0.2, 0.25) is 0 Å². The molecule has 34 heavy (non-hydrogen) atoms. The Kier molecular flexibility index (Phi) is 5.81. The van der Waals surface area contributed by atoms with Crippen molar-refractivity contribution in [2.75, 3.05) is 23.7 Å². The average molecular weight is 488 g/mol. The first-order chi connectivity index (χ1) is 16.2. The molecular weight excluding hydrogens is 465 g/mol. The van der Waals surface area contributed by atoms with Crippen molar-refractivity contribution >= 4 is 44.2 Å². The quantitative estimate of drug-likeness (QED) is 0.514. The maximum absolute atomic E-state index is 13.5. The predicted octanol–water partition coefficient (Wildman–Crippen LogP) is 5.28. The summed E-state index contributed by atoms with van der Waals surface area (Å²) in [6, 6.07) is 9.99. The van der Waals surface area contributed by atoms with E-state index in [1.165, 1.54) is 31.1 Å². The van der Waals surface area contributed by atoms with Crippen molar-refractivity contribution in [2.45, 2.75) is 44.3 Å². The molecule has 2 N–H and O–H groups in total. The third kappa shape index (κ3) is 4.65. The van der Waals surface area contributed by atoms with E-state index in [4.69, 9.17) is 0 Å². The molecule has 2 amide bonds. The van der Waals surface area contributed by atoms with Gasteiger partial charge in [0.25, 0.3) is 5.91 Å². The van der Waals surface area contributed by atoms with Gasteiger partial charge in [0.05, 0.1) is 21.3 Å². The number of nitrogens with one attached hydrogen (secondary N) is 2. The topological polar surface area (TPSA) is 74.3 Å². The Morgan fingerprint density at radius 1 is 1.18 bits per heavy atom. The van der Waals surface area contributed by atoms with Gasteiger partial charge in [-0.2, -0.15) is 13.2 Å². The lowest BCUT2D eigenvalue weighted by Gasteiger charge is -2.18. The first-order valence-electron chi connectivity index (χ1n) is 11.0. The fourth-order valence-corrected chi connectivity index (χ4v) is 5.43. The molecule has 1 saturated heterocycles. The Labute approximate surface area is 198 Å². The van der Waals surface area contributed by atoms with E-state index in [2.05, 4.69) is 26.6 Å². The minimum Gasteiger partial charge on any atom is -0.321 e. The number of aromatic nitrogens is 1. The van der Waals surface area contributed by atoms with Crippen molar-refractivity contribution in [1.29, 1.82) is 0 Å². The van der Waals surface area contributed by atoms with E-state index in [9.17, 15) is 22.8 Å². The number of likely N-dealkylation sites (tertiary alicyclic amines) is 1. The molecule has 3 aromatic rings. The van der Waals surface area contributed by atoms with E-state index < -0.39 is 17.6 Å². The second-order valence-corrected chi connectivity index (χ2v) is 9.76. The zero-order valence-corrected chi connectivity index (χ0v) is 19.1. The number of alkyl halides is 3. The van der Waals surface area contributed by atoms with Gasteiger partial charge in [0.2, 0.25) is 5.91 Å². The van der Waals surface area contributed by atoms with E-state index in [0.29, 0.717) is 27.0 Å². The molecule has 1 radical (unpaired) electrons. The highest BCUT2D eigenvalue weighted by Gasteiger charge is 2.37. The van der Waals surface area contributed by atoms with Crippen LogP contribution in [0.4, 0.5) is 24.0 Å². The molecule has 0 bridgehead atoms. The van der Waals surface area contributed by atoms with Crippen LogP contribution in [0.3, 0.4) is 0 Å². The zero-order chi connectivity index (χ0) is 24.0. The lowest BCUT2D eigenvalue weighted by atomic mass is 9.92. The Morgan fingerprint density at radius 3 is 2.68 bits per heavy atom. The van der Waals surface area contributed by atoms with Crippen molar-refractivity contribution in [2.24, 2.45) is 0 Å². The molecule has 10 heteroatoms. The van der Waals surface area contributed by atoms with Gasteiger partial charge < -0.3 is 10.6 Å². The molecule has 1 saturated carbocycles. The Bertz CT molecular complexity index is 1270. The number of nitrogens with zero attached hydrogens (tertiary/aromatic N) is 2. The maximum atomic E-state index is 13.5. The van der Waals surface area contributed by atoms with Crippen molar-refractivity contribution in [1.82, 2.24) is 9.88 Å². The normalized spacial score (nSPS) is 18.9. The highest BCUT2D eigenvalue weighted by atomic mass is 32.1. The molecule has 6 nitrogen and oxygen atoms in total. The van der Waals surface area contributed by atoms with Gasteiger partial charge in [-0.25, -0.2) is 4.98 Å². The standard InChI is InChI=1S/C24H22F3N4O2S/c1-13(32)28-23-30-21-19(34-23)8-7-18(14-9-10-31(12-14)17-5-6-17)20(21)22(33)29-16-4-2-3-15(11-16)24(25,26)27/h2-3,7-8,11,14,17H,5-6,9-10,12H2,1H3,(H,29,33)(H,28,30,32). The molecular formula is C24H22F3N4O2S. The van der Waals surface area contributed by atoms with Gasteiger partial charge in [-0.15, -0.1) is 0 Å². The third-order valence-corrected chi connectivity index (χ3v) is 7.14. The number of thiazole rings is 1. The van der Waals surface area contributed by atoms with Crippen LogP contribution in [-0.4, -0.2) is 40.8 Å². The predicted molar refractivity (Wildman–Crippen MR) is 124 cm³/mol. The average Bonchev–Trinajstić information content (AvgIpc) is 3.35. The van der Waals surface area contributed by atoms with Crippen LogP contribution in [0.25, 0.3) is 10.2 Å². The molecule has 177 valence electrons. The number of carbonyl (C=O) groups excluding carboxylic acids is 2. The molecule has 1 aliphatic carbocycles. The number of hydrogen-bond acceptors (Lipinski definition) is 5. The zero-order valence-electron chi connectivity index (χ0n) is 18.3. The summed E-state index contributed by atoms with van der Waals surface area (Å²) < 4.78 is 40.1.